The minimum Gasteiger partial charge on any atom is -0.457 e. The summed E-state index contributed by atoms with van der Waals surface area (Å²) in [6, 6.07) is 0. The van der Waals surface area contributed by atoms with Gasteiger partial charge in [0, 0.05) is 17.7 Å². The van der Waals surface area contributed by atoms with E-state index in [2.05, 4.69) is 4.98 Å². The quantitative estimate of drug-likeness (QED) is 0.507. The number of aliphatic hydroxyl groups is 3. The van der Waals surface area contributed by atoms with Gasteiger partial charge >= 0.3 is 5.97 Å². The summed E-state index contributed by atoms with van der Waals surface area (Å²) in [6.07, 6.45) is 4.00. The normalized spacial score (nSPS) is 29.1. The van der Waals surface area contributed by atoms with Crippen LogP contribution in [0.15, 0.2) is 34.8 Å². The molecule has 0 aliphatic carbocycles. The molecule has 0 amide bonds. The molecular formula is C27H38FNO6S. The second-order valence-corrected chi connectivity index (χ2v) is 11.0. The van der Waals surface area contributed by atoms with E-state index in [-0.39, 0.29) is 24.7 Å². The van der Waals surface area contributed by atoms with Gasteiger partial charge in [-0.15, -0.1) is 11.3 Å². The zero-order valence-corrected chi connectivity index (χ0v) is 22.4. The van der Waals surface area contributed by atoms with E-state index in [0.29, 0.717) is 28.3 Å². The molecule has 0 saturated heterocycles. The maximum atomic E-state index is 13.7. The van der Waals surface area contributed by atoms with Crippen LogP contribution in [0, 0.1) is 17.3 Å². The first-order valence-electron chi connectivity index (χ1n) is 12.2. The Morgan fingerprint density at radius 3 is 2.58 bits per heavy atom. The number of alkyl halides is 1. The van der Waals surface area contributed by atoms with Crippen LogP contribution in [0.3, 0.4) is 0 Å². The lowest BCUT2D eigenvalue weighted by molar-refractivity contribution is -0.154. The molecule has 36 heavy (non-hydrogen) atoms. The average Bonchev–Trinajstić information content (AvgIpc) is 3.30. The van der Waals surface area contributed by atoms with Crippen molar-refractivity contribution in [3.05, 3.63) is 45.5 Å². The minimum absolute atomic E-state index is 0.175. The Morgan fingerprint density at radius 2 is 1.97 bits per heavy atom. The van der Waals surface area contributed by atoms with Gasteiger partial charge in [0.25, 0.3) is 0 Å². The molecule has 0 fully saturated rings. The zero-order valence-electron chi connectivity index (χ0n) is 21.6. The van der Waals surface area contributed by atoms with Crippen LogP contribution in [0.2, 0.25) is 0 Å². The van der Waals surface area contributed by atoms with E-state index < -0.39 is 48.7 Å². The van der Waals surface area contributed by atoms with Crippen molar-refractivity contribution >= 4 is 29.2 Å². The maximum absolute atomic E-state index is 13.7. The van der Waals surface area contributed by atoms with E-state index in [1.807, 2.05) is 6.92 Å². The minimum atomic E-state index is -1.32. The number of aliphatic hydroxyl groups excluding tert-OH is 3. The van der Waals surface area contributed by atoms with E-state index in [4.69, 9.17) is 4.74 Å². The van der Waals surface area contributed by atoms with Crippen LogP contribution in [-0.2, 0) is 20.9 Å². The van der Waals surface area contributed by atoms with E-state index >= 15 is 0 Å². The predicted molar refractivity (Wildman–Crippen MR) is 138 cm³/mol. The fourth-order valence-electron chi connectivity index (χ4n) is 4.13. The Hall–Kier alpha value is -2.20. The van der Waals surface area contributed by atoms with Gasteiger partial charge in [0.05, 0.1) is 36.3 Å². The molecule has 0 spiro atoms. The highest BCUT2D eigenvalue weighted by atomic mass is 32.1. The van der Waals surface area contributed by atoms with E-state index in [9.17, 15) is 29.3 Å². The number of nitrogens with zero attached hydrogens (tertiary/aromatic N) is 1. The van der Waals surface area contributed by atoms with Gasteiger partial charge in [-0.05, 0) is 36.5 Å². The number of carbonyl (C=O) groups excluding carboxylic acids is 2. The number of allylic oxidation sites excluding steroid dienone is 3. The smallest absolute Gasteiger partial charge is 0.309 e. The highest BCUT2D eigenvalue weighted by Crippen LogP contribution is 2.32. The number of ketones is 1. The van der Waals surface area contributed by atoms with Gasteiger partial charge in [-0.1, -0.05) is 45.9 Å². The lowest BCUT2D eigenvalue weighted by Crippen LogP contribution is -2.45. The van der Waals surface area contributed by atoms with Crippen molar-refractivity contribution in [1.82, 2.24) is 4.98 Å². The Balaban J connectivity index is 2.41. The molecule has 9 heteroatoms. The first-order valence-corrected chi connectivity index (χ1v) is 13.0. The van der Waals surface area contributed by atoms with Gasteiger partial charge < -0.3 is 20.1 Å². The third-order valence-corrected chi connectivity index (χ3v) is 7.64. The summed E-state index contributed by atoms with van der Waals surface area (Å²) in [7, 11) is 0. The highest BCUT2D eigenvalue weighted by Gasteiger charge is 2.42. The number of thiazole rings is 1. The molecule has 1 aromatic rings. The van der Waals surface area contributed by atoms with Crippen molar-refractivity contribution in [2.24, 2.45) is 17.3 Å². The van der Waals surface area contributed by atoms with Crippen molar-refractivity contribution in [3.63, 3.8) is 0 Å². The number of hydrogen-bond donors (Lipinski definition) is 3. The first kappa shape index (κ1) is 30.0. The standard InChI is InChI=1S/C27H38FNO6S/c1-16-7-6-8-19(13-28)9-10-21(17(2)11-20-15-36-23(14-30)29-20)35-24(32)12-22(31)27(4,5)26(34)18(3)25(16)33/h6,8-9,11,15-16,18,21-22,25,30-31,33H,7,10,12-14H2,1-5H3/t16-,18+,21-,22-,25-/m0/s1. The molecule has 1 aliphatic rings. The molecule has 200 valence electrons. The molecule has 0 unspecified atom stereocenters. The van der Waals surface area contributed by atoms with Crippen LogP contribution in [-0.4, -0.2) is 57.0 Å². The molecule has 7 nitrogen and oxygen atoms in total. The van der Waals surface area contributed by atoms with Crippen LogP contribution in [0.1, 0.15) is 64.6 Å². The largest absolute Gasteiger partial charge is 0.457 e. The third kappa shape index (κ3) is 7.90. The lowest BCUT2D eigenvalue weighted by atomic mass is 9.73. The first-order chi connectivity index (χ1) is 16.9. The van der Waals surface area contributed by atoms with Crippen molar-refractivity contribution in [1.29, 1.82) is 0 Å². The Bertz CT molecular complexity index is 998. The fourth-order valence-corrected chi connectivity index (χ4v) is 4.75. The summed E-state index contributed by atoms with van der Waals surface area (Å²) in [5, 5.41) is 33.1. The van der Waals surface area contributed by atoms with Crippen molar-refractivity contribution in [3.8, 4) is 0 Å². The second-order valence-electron chi connectivity index (χ2n) is 10.0. The SMILES string of the molecule is CC(=Cc1csc(CO)n1)[C@@H]1CC=C(CF)C=CC[C@H](C)[C@H](O)[C@@H](C)C(=O)C(C)(C)[C@@H](O)CC(=O)O1. The average molecular weight is 524 g/mol. The molecule has 3 N–H and O–H groups in total. The van der Waals surface area contributed by atoms with Gasteiger partial charge in [-0.25, -0.2) is 9.37 Å². The summed E-state index contributed by atoms with van der Waals surface area (Å²) >= 11 is 1.30. The summed E-state index contributed by atoms with van der Waals surface area (Å²) in [5.74, 6) is -2.09. The van der Waals surface area contributed by atoms with Crippen molar-refractivity contribution in [2.45, 2.75) is 78.8 Å². The van der Waals surface area contributed by atoms with E-state index in [0.717, 1.165) is 0 Å². The molecule has 0 aromatic carbocycles. The molecule has 1 aromatic heterocycles. The van der Waals surface area contributed by atoms with Gasteiger partial charge in [0.15, 0.2) is 0 Å². The highest BCUT2D eigenvalue weighted by molar-refractivity contribution is 7.09. The number of carbonyl (C=O) groups is 2. The monoisotopic (exact) mass is 523 g/mol. The summed E-state index contributed by atoms with van der Waals surface area (Å²) < 4.78 is 19.4. The van der Waals surface area contributed by atoms with Crippen LogP contribution >= 0.6 is 11.3 Å². The Labute approximate surface area is 216 Å². The Kier molecular flexibility index (Phi) is 11.2. The van der Waals surface area contributed by atoms with Gasteiger partial charge in [0.1, 0.15) is 23.6 Å². The molecule has 0 bridgehead atoms. The fraction of sp³-hybridized carbons (Fsp3) is 0.593. The zero-order chi connectivity index (χ0) is 27.0. The molecule has 2 heterocycles. The Morgan fingerprint density at radius 1 is 1.28 bits per heavy atom. The molecule has 1 aliphatic heterocycles. The molecule has 2 rings (SSSR count). The summed E-state index contributed by atoms with van der Waals surface area (Å²) in [5.41, 5.74) is 0.384. The number of esters is 1. The van der Waals surface area contributed by atoms with Crippen LogP contribution < -0.4 is 0 Å². The second kappa shape index (κ2) is 13.4. The van der Waals surface area contributed by atoms with Crippen LogP contribution in [0.25, 0.3) is 6.08 Å². The number of rotatable bonds is 4. The number of halogens is 1. The van der Waals surface area contributed by atoms with E-state index in [1.54, 1.807) is 57.4 Å². The number of ether oxygens (including phenoxy) is 1. The lowest BCUT2D eigenvalue weighted by Gasteiger charge is -2.34. The number of Topliss-reactive ketones (excluding diaryl/α,β-unsaturated/α-hetero) is 1. The van der Waals surface area contributed by atoms with Gasteiger partial charge in [-0.3, -0.25) is 9.59 Å². The topological polar surface area (TPSA) is 117 Å². The number of hydrogen-bond acceptors (Lipinski definition) is 8. The van der Waals surface area contributed by atoms with Crippen LogP contribution in [0.5, 0.6) is 0 Å². The third-order valence-electron chi connectivity index (χ3n) is 6.79. The van der Waals surface area contributed by atoms with Gasteiger partial charge in [0.2, 0.25) is 0 Å². The number of aromatic nitrogens is 1. The predicted octanol–water partition coefficient (Wildman–Crippen LogP) is 4.18. The summed E-state index contributed by atoms with van der Waals surface area (Å²) in [6.45, 7) is 7.42. The number of cyclic esters (lactones) is 1. The van der Waals surface area contributed by atoms with Crippen molar-refractivity contribution < 1.29 is 34.0 Å². The van der Waals surface area contributed by atoms with Gasteiger partial charge in [-0.2, -0.15) is 0 Å². The molecule has 0 radical (unpaired) electrons. The molecular weight excluding hydrogens is 485 g/mol. The molecule has 5 atom stereocenters. The van der Waals surface area contributed by atoms with E-state index in [1.165, 1.54) is 11.3 Å². The van der Waals surface area contributed by atoms with Crippen LogP contribution in [0.4, 0.5) is 4.39 Å². The molecule has 0 saturated carbocycles. The van der Waals surface area contributed by atoms with Crippen molar-refractivity contribution in [2.75, 3.05) is 6.67 Å². The summed E-state index contributed by atoms with van der Waals surface area (Å²) in [4.78, 5) is 30.3. The maximum Gasteiger partial charge on any atom is 0.309 e.